The van der Waals surface area contributed by atoms with E-state index in [1.165, 1.54) is 19.2 Å². The summed E-state index contributed by atoms with van der Waals surface area (Å²) >= 11 is 0. The first-order valence-corrected chi connectivity index (χ1v) is 8.11. The Bertz CT molecular complexity index is 810. The van der Waals surface area contributed by atoms with Crippen LogP contribution < -0.4 is 14.8 Å². The molecule has 0 unspecified atom stereocenters. The second-order valence-electron chi connectivity index (χ2n) is 5.42. The molecule has 0 aliphatic rings. The van der Waals surface area contributed by atoms with Crippen molar-refractivity contribution in [3.05, 3.63) is 53.6 Å². The number of aryl methyl sites for hydroxylation is 1. The van der Waals surface area contributed by atoms with Gasteiger partial charge in [0.2, 0.25) is 0 Å². The van der Waals surface area contributed by atoms with Crippen LogP contribution in [0.15, 0.2) is 42.5 Å². The number of hydrogen-bond acceptors (Lipinski definition) is 5. The van der Waals surface area contributed by atoms with Crippen molar-refractivity contribution in [2.24, 2.45) is 0 Å². The fourth-order valence-electron chi connectivity index (χ4n) is 2.27. The number of anilines is 1. The quantitative estimate of drug-likeness (QED) is 0.709. The van der Waals surface area contributed by atoms with Crippen molar-refractivity contribution in [1.82, 2.24) is 0 Å². The van der Waals surface area contributed by atoms with E-state index in [2.05, 4.69) is 10.1 Å². The van der Waals surface area contributed by atoms with Crippen LogP contribution >= 0.6 is 0 Å². The molecule has 0 heterocycles. The highest BCUT2D eigenvalue weighted by Crippen LogP contribution is 2.29. The number of nitrogens with one attached hydrogen (secondary N) is 1. The van der Waals surface area contributed by atoms with Gasteiger partial charge < -0.3 is 19.5 Å². The maximum Gasteiger partial charge on any atom is 0.387 e. The lowest BCUT2D eigenvalue weighted by atomic mass is 10.1. The number of esters is 1. The normalized spacial score (nSPS) is 10.4. The topological polar surface area (TPSA) is 73.9 Å². The van der Waals surface area contributed by atoms with E-state index in [0.717, 1.165) is 18.1 Å². The van der Waals surface area contributed by atoms with Gasteiger partial charge in [-0.3, -0.25) is 4.79 Å². The number of rotatable bonds is 8. The lowest BCUT2D eigenvalue weighted by molar-refractivity contribution is -0.119. The zero-order chi connectivity index (χ0) is 19.8. The summed E-state index contributed by atoms with van der Waals surface area (Å²) in [6.07, 6.45) is 0.825. The number of hydrogen-bond donors (Lipinski definition) is 1. The molecule has 2 aromatic rings. The van der Waals surface area contributed by atoms with Crippen LogP contribution in [0.25, 0.3) is 0 Å². The van der Waals surface area contributed by atoms with Gasteiger partial charge in [-0.2, -0.15) is 8.78 Å². The van der Waals surface area contributed by atoms with E-state index in [-0.39, 0.29) is 17.1 Å². The van der Waals surface area contributed by atoms with Gasteiger partial charge in [-0.15, -0.1) is 0 Å². The summed E-state index contributed by atoms with van der Waals surface area (Å²) in [6.45, 7) is -1.52. The molecule has 0 aromatic heterocycles. The number of carbonyl (C=O) groups excluding carboxylic acids is 2. The zero-order valence-electron chi connectivity index (χ0n) is 14.8. The molecular weight excluding hydrogens is 360 g/mol. The predicted molar refractivity (Wildman–Crippen MR) is 94.4 cm³/mol. The van der Waals surface area contributed by atoms with Crippen LogP contribution in [-0.4, -0.2) is 32.2 Å². The monoisotopic (exact) mass is 379 g/mol. The minimum absolute atomic E-state index is 0.0363. The molecule has 0 aliphatic carbocycles. The molecular formula is C19H19F2NO5. The summed E-state index contributed by atoms with van der Waals surface area (Å²) in [5.41, 5.74) is 1.70. The van der Waals surface area contributed by atoms with Crippen molar-refractivity contribution >= 4 is 17.6 Å². The molecule has 0 fully saturated rings. The van der Waals surface area contributed by atoms with Crippen LogP contribution in [0.2, 0.25) is 0 Å². The van der Waals surface area contributed by atoms with Gasteiger partial charge in [0.15, 0.2) is 18.1 Å². The first kappa shape index (κ1) is 20.2. The smallest absolute Gasteiger partial charge is 0.387 e. The Morgan fingerprint density at radius 2 is 1.89 bits per heavy atom. The van der Waals surface area contributed by atoms with E-state index in [1.54, 1.807) is 6.07 Å². The number of amides is 1. The third-order valence-electron chi connectivity index (χ3n) is 3.57. The molecule has 144 valence electrons. The van der Waals surface area contributed by atoms with Crippen molar-refractivity contribution in [3.8, 4) is 11.5 Å². The molecule has 1 amide bonds. The molecule has 0 saturated heterocycles. The molecule has 0 radical (unpaired) electrons. The molecule has 0 spiro atoms. The molecule has 27 heavy (non-hydrogen) atoms. The van der Waals surface area contributed by atoms with Crippen molar-refractivity contribution in [1.29, 1.82) is 0 Å². The van der Waals surface area contributed by atoms with Crippen LogP contribution in [0.4, 0.5) is 14.5 Å². The number of ether oxygens (including phenoxy) is 3. The van der Waals surface area contributed by atoms with Crippen molar-refractivity contribution < 1.29 is 32.6 Å². The molecule has 0 saturated carbocycles. The molecule has 2 aromatic carbocycles. The van der Waals surface area contributed by atoms with Crippen LogP contribution in [0.5, 0.6) is 11.5 Å². The van der Waals surface area contributed by atoms with E-state index in [0.29, 0.717) is 5.69 Å². The highest BCUT2D eigenvalue weighted by Gasteiger charge is 2.16. The average molecular weight is 379 g/mol. The Kier molecular flexibility index (Phi) is 7.10. The number of carbonyl (C=O) groups is 2. The molecule has 8 heteroatoms. The SMILES string of the molecule is CCc1cccc(NC(=O)COC(=O)c2ccc(OC(F)F)c(OC)c2)c1. The van der Waals surface area contributed by atoms with Crippen LogP contribution in [0.3, 0.4) is 0 Å². The summed E-state index contributed by atoms with van der Waals surface area (Å²) < 4.78 is 38.8. The summed E-state index contributed by atoms with van der Waals surface area (Å²) in [6, 6.07) is 10.9. The standard InChI is InChI=1S/C19H19F2NO5/c1-3-12-5-4-6-14(9-12)22-17(23)11-26-18(24)13-7-8-15(27-19(20)21)16(10-13)25-2/h4-10,19H,3,11H2,1-2H3,(H,22,23). The van der Waals surface area contributed by atoms with Gasteiger partial charge >= 0.3 is 12.6 Å². The molecule has 2 rings (SSSR count). The van der Waals surface area contributed by atoms with Gasteiger partial charge in [-0.1, -0.05) is 19.1 Å². The lowest BCUT2D eigenvalue weighted by Crippen LogP contribution is -2.21. The third kappa shape index (κ3) is 5.95. The molecule has 0 bridgehead atoms. The maximum absolute atomic E-state index is 12.3. The largest absolute Gasteiger partial charge is 0.493 e. The summed E-state index contributed by atoms with van der Waals surface area (Å²) in [5.74, 6) is -1.56. The highest BCUT2D eigenvalue weighted by molar-refractivity contribution is 5.95. The van der Waals surface area contributed by atoms with E-state index in [4.69, 9.17) is 9.47 Å². The van der Waals surface area contributed by atoms with Gasteiger partial charge in [-0.05, 0) is 42.3 Å². The van der Waals surface area contributed by atoms with Gasteiger partial charge in [0, 0.05) is 5.69 Å². The lowest BCUT2D eigenvalue weighted by Gasteiger charge is -2.11. The first-order chi connectivity index (χ1) is 12.9. The summed E-state index contributed by atoms with van der Waals surface area (Å²) in [7, 11) is 1.25. The van der Waals surface area contributed by atoms with Gasteiger partial charge in [0.05, 0.1) is 12.7 Å². The summed E-state index contributed by atoms with van der Waals surface area (Å²) in [5, 5.41) is 2.63. The van der Waals surface area contributed by atoms with Gasteiger partial charge in [0.1, 0.15) is 0 Å². The highest BCUT2D eigenvalue weighted by atomic mass is 19.3. The Labute approximate surface area is 155 Å². The Balaban J connectivity index is 1.95. The van der Waals surface area contributed by atoms with Crippen LogP contribution in [-0.2, 0) is 16.0 Å². The number of alkyl halides is 2. The van der Waals surface area contributed by atoms with Gasteiger partial charge in [-0.25, -0.2) is 4.79 Å². The van der Waals surface area contributed by atoms with E-state index < -0.39 is 25.1 Å². The maximum atomic E-state index is 12.3. The second kappa shape index (κ2) is 9.51. The molecule has 0 atom stereocenters. The number of methoxy groups -OCH3 is 1. The molecule has 0 aliphatic heterocycles. The average Bonchev–Trinajstić information content (AvgIpc) is 2.66. The minimum Gasteiger partial charge on any atom is -0.493 e. The Hall–Kier alpha value is -3.16. The second-order valence-corrected chi connectivity index (χ2v) is 5.42. The van der Waals surface area contributed by atoms with Crippen molar-refractivity contribution in [2.45, 2.75) is 20.0 Å². The Morgan fingerprint density at radius 1 is 1.11 bits per heavy atom. The molecule has 6 nitrogen and oxygen atoms in total. The van der Waals surface area contributed by atoms with Crippen LogP contribution in [0, 0.1) is 0 Å². The summed E-state index contributed by atoms with van der Waals surface area (Å²) in [4.78, 5) is 24.0. The number of halogens is 2. The Morgan fingerprint density at radius 3 is 2.56 bits per heavy atom. The number of benzene rings is 2. The van der Waals surface area contributed by atoms with E-state index in [1.807, 2.05) is 25.1 Å². The van der Waals surface area contributed by atoms with E-state index in [9.17, 15) is 18.4 Å². The fourth-order valence-corrected chi connectivity index (χ4v) is 2.27. The third-order valence-corrected chi connectivity index (χ3v) is 3.57. The van der Waals surface area contributed by atoms with Crippen molar-refractivity contribution in [3.63, 3.8) is 0 Å². The first-order valence-electron chi connectivity index (χ1n) is 8.11. The zero-order valence-corrected chi connectivity index (χ0v) is 14.8. The van der Waals surface area contributed by atoms with Gasteiger partial charge in [0.25, 0.3) is 5.91 Å². The molecule has 1 N–H and O–H groups in total. The predicted octanol–water partition coefficient (Wildman–Crippen LogP) is 3.65. The van der Waals surface area contributed by atoms with E-state index >= 15 is 0 Å². The minimum atomic E-state index is -3.02. The van der Waals surface area contributed by atoms with Crippen LogP contribution in [0.1, 0.15) is 22.8 Å². The fraction of sp³-hybridized carbons (Fsp3) is 0.263. The van der Waals surface area contributed by atoms with Crippen molar-refractivity contribution in [2.75, 3.05) is 19.0 Å².